The normalized spacial score (nSPS) is 19.2. The lowest BCUT2D eigenvalue weighted by Gasteiger charge is -2.20. The van der Waals surface area contributed by atoms with Crippen LogP contribution < -0.4 is 15.5 Å². The average Bonchev–Trinajstić information content (AvgIpc) is 2.99. The first-order chi connectivity index (χ1) is 10.6. The summed E-state index contributed by atoms with van der Waals surface area (Å²) in [7, 11) is 1.77. The number of guanidine groups is 1. The molecule has 0 aliphatic carbocycles. The molecule has 0 saturated carbocycles. The molecule has 0 amide bonds. The van der Waals surface area contributed by atoms with Gasteiger partial charge in [0.05, 0.1) is 0 Å². The summed E-state index contributed by atoms with van der Waals surface area (Å²) >= 11 is 1.82. The van der Waals surface area contributed by atoms with Crippen LogP contribution in [0.3, 0.4) is 0 Å². The third-order valence-electron chi connectivity index (χ3n) is 3.75. The maximum absolute atomic E-state index is 13.8. The molecule has 0 radical (unpaired) electrons. The molecule has 2 N–H and O–H groups in total. The van der Waals surface area contributed by atoms with E-state index in [1.54, 1.807) is 19.3 Å². The molecule has 2 unspecified atom stereocenters. The number of aromatic nitrogens is 1. The second-order valence-electron chi connectivity index (χ2n) is 5.38. The van der Waals surface area contributed by atoms with Crippen LogP contribution in [0.15, 0.2) is 23.3 Å². The Morgan fingerprint density at radius 3 is 3.04 bits per heavy atom. The average molecular weight is 453 g/mol. The van der Waals surface area contributed by atoms with Gasteiger partial charge in [-0.3, -0.25) is 4.99 Å². The number of thioether (sulfide) groups is 1. The lowest BCUT2D eigenvalue weighted by molar-refractivity contribution is 0.612. The number of pyridine rings is 1. The topological polar surface area (TPSA) is 52.6 Å². The highest BCUT2D eigenvalue weighted by atomic mass is 127. The van der Waals surface area contributed by atoms with Gasteiger partial charge in [0.15, 0.2) is 17.6 Å². The van der Waals surface area contributed by atoms with Gasteiger partial charge in [-0.1, -0.05) is 6.92 Å². The fourth-order valence-electron chi connectivity index (χ4n) is 2.39. The van der Waals surface area contributed by atoms with Gasteiger partial charge in [-0.15, -0.1) is 24.0 Å². The summed E-state index contributed by atoms with van der Waals surface area (Å²) in [5, 5.41) is 7.25. The lowest BCUT2D eigenvalue weighted by Crippen LogP contribution is -2.46. The van der Waals surface area contributed by atoms with Crippen LogP contribution in [0.2, 0.25) is 0 Å². The molecule has 2 rings (SSSR count). The smallest absolute Gasteiger partial charge is 0.191 e. The summed E-state index contributed by atoms with van der Waals surface area (Å²) in [5.41, 5.74) is 0. The minimum absolute atomic E-state index is 0. The molecule has 8 heteroatoms. The van der Waals surface area contributed by atoms with Crippen LogP contribution in [0.4, 0.5) is 10.2 Å². The molecule has 1 aromatic rings. The third-order valence-corrected chi connectivity index (χ3v) is 4.72. The van der Waals surface area contributed by atoms with Crippen molar-refractivity contribution in [2.45, 2.75) is 24.6 Å². The van der Waals surface area contributed by atoms with E-state index in [0.29, 0.717) is 11.1 Å². The SMILES string of the molecule is CN=C(NCC(C)SC)NC1CCN(c2ncccc2F)C1.I. The maximum atomic E-state index is 13.8. The number of nitrogens with zero attached hydrogens (tertiary/aromatic N) is 3. The van der Waals surface area contributed by atoms with Gasteiger partial charge in [0.25, 0.3) is 0 Å². The van der Waals surface area contributed by atoms with Gasteiger partial charge in [-0.05, 0) is 24.8 Å². The molecular formula is C15H25FIN5S. The first kappa shape index (κ1) is 20.3. The molecular weight excluding hydrogens is 428 g/mol. The van der Waals surface area contributed by atoms with Crippen LogP contribution in [-0.2, 0) is 0 Å². The van der Waals surface area contributed by atoms with E-state index in [2.05, 4.69) is 33.8 Å². The Hall–Kier alpha value is -0.770. The van der Waals surface area contributed by atoms with E-state index < -0.39 is 0 Å². The molecule has 5 nitrogen and oxygen atoms in total. The van der Waals surface area contributed by atoms with E-state index in [4.69, 9.17) is 0 Å². The van der Waals surface area contributed by atoms with Crippen molar-refractivity contribution in [1.29, 1.82) is 0 Å². The molecule has 2 heterocycles. The number of rotatable bonds is 5. The quantitative estimate of drug-likeness (QED) is 0.407. The Labute approximate surface area is 158 Å². The summed E-state index contributed by atoms with van der Waals surface area (Å²) in [6.45, 7) is 4.56. The minimum atomic E-state index is -0.264. The largest absolute Gasteiger partial charge is 0.355 e. The molecule has 0 spiro atoms. The zero-order chi connectivity index (χ0) is 15.9. The van der Waals surface area contributed by atoms with Crippen LogP contribution in [-0.4, -0.2) is 55.2 Å². The fraction of sp³-hybridized carbons (Fsp3) is 0.600. The van der Waals surface area contributed by atoms with E-state index in [1.165, 1.54) is 6.07 Å². The minimum Gasteiger partial charge on any atom is -0.355 e. The zero-order valence-corrected chi connectivity index (χ0v) is 16.9. The maximum Gasteiger partial charge on any atom is 0.191 e. The standard InChI is InChI=1S/C15H24FN5S.HI/c1-11(22-3)9-19-15(17-2)20-12-6-8-21(10-12)14-13(16)5-4-7-18-14;/h4-5,7,11-12H,6,8-10H2,1-3H3,(H2,17,19,20);1H. The molecule has 0 bridgehead atoms. The Bertz CT molecular complexity index is 516. The number of nitrogens with one attached hydrogen (secondary N) is 2. The van der Waals surface area contributed by atoms with Crippen molar-refractivity contribution in [3.63, 3.8) is 0 Å². The number of hydrogen-bond acceptors (Lipinski definition) is 4. The van der Waals surface area contributed by atoms with Gasteiger partial charge in [0.1, 0.15) is 0 Å². The summed E-state index contributed by atoms with van der Waals surface area (Å²) in [6, 6.07) is 3.31. The van der Waals surface area contributed by atoms with E-state index in [1.807, 2.05) is 16.7 Å². The van der Waals surface area contributed by atoms with Crippen molar-refractivity contribution in [1.82, 2.24) is 15.6 Å². The zero-order valence-electron chi connectivity index (χ0n) is 13.8. The van der Waals surface area contributed by atoms with Gasteiger partial charge in [0.2, 0.25) is 0 Å². The lowest BCUT2D eigenvalue weighted by atomic mass is 10.3. The molecule has 1 aromatic heterocycles. The van der Waals surface area contributed by atoms with Crippen LogP contribution >= 0.6 is 35.7 Å². The molecule has 0 aromatic carbocycles. The summed E-state index contributed by atoms with van der Waals surface area (Å²) in [4.78, 5) is 10.4. The van der Waals surface area contributed by atoms with Gasteiger partial charge < -0.3 is 15.5 Å². The Morgan fingerprint density at radius 1 is 1.61 bits per heavy atom. The van der Waals surface area contributed by atoms with Crippen molar-refractivity contribution in [3.8, 4) is 0 Å². The molecule has 1 aliphatic rings. The first-order valence-electron chi connectivity index (χ1n) is 7.49. The number of aliphatic imine (C=N–C) groups is 1. The summed E-state index contributed by atoms with van der Waals surface area (Å²) in [6.07, 6.45) is 4.66. The Balaban J connectivity index is 0.00000264. The highest BCUT2D eigenvalue weighted by Crippen LogP contribution is 2.20. The van der Waals surface area contributed by atoms with Crippen molar-refractivity contribution in [2.75, 3.05) is 37.8 Å². The van der Waals surface area contributed by atoms with E-state index in [0.717, 1.165) is 32.0 Å². The van der Waals surface area contributed by atoms with Crippen molar-refractivity contribution >= 4 is 47.5 Å². The molecule has 1 saturated heterocycles. The van der Waals surface area contributed by atoms with Crippen LogP contribution in [0, 0.1) is 5.82 Å². The second-order valence-corrected chi connectivity index (χ2v) is 6.66. The van der Waals surface area contributed by atoms with Crippen molar-refractivity contribution in [2.24, 2.45) is 4.99 Å². The van der Waals surface area contributed by atoms with Crippen molar-refractivity contribution < 1.29 is 4.39 Å². The molecule has 1 fully saturated rings. The summed E-state index contributed by atoms with van der Waals surface area (Å²) in [5.74, 6) is 0.972. The Morgan fingerprint density at radius 2 is 2.39 bits per heavy atom. The third kappa shape index (κ3) is 5.98. The predicted octanol–water partition coefficient (Wildman–Crippen LogP) is 2.33. The van der Waals surface area contributed by atoms with Gasteiger partial charge in [-0.25, -0.2) is 9.37 Å². The molecule has 130 valence electrons. The van der Waals surface area contributed by atoms with E-state index in [9.17, 15) is 4.39 Å². The first-order valence-corrected chi connectivity index (χ1v) is 8.78. The van der Waals surface area contributed by atoms with Gasteiger partial charge in [0, 0.05) is 44.2 Å². The number of halogens is 2. The van der Waals surface area contributed by atoms with Crippen LogP contribution in [0.25, 0.3) is 0 Å². The van der Waals surface area contributed by atoms with E-state index >= 15 is 0 Å². The fourth-order valence-corrected chi connectivity index (χ4v) is 2.64. The molecule has 1 aliphatic heterocycles. The Kier molecular flexibility index (Phi) is 8.96. The van der Waals surface area contributed by atoms with Gasteiger partial charge in [-0.2, -0.15) is 11.8 Å². The highest BCUT2D eigenvalue weighted by Gasteiger charge is 2.25. The molecule has 23 heavy (non-hydrogen) atoms. The summed E-state index contributed by atoms with van der Waals surface area (Å²) < 4.78 is 13.8. The second kappa shape index (κ2) is 10.2. The number of anilines is 1. The highest BCUT2D eigenvalue weighted by molar-refractivity contribution is 14.0. The number of hydrogen-bond donors (Lipinski definition) is 2. The van der Waals surface area contributed by atoms with Crippen LogP contribution in [0.5, 0.6) is 0 Å². The van der Waals surface area contributed by atoms with Gasteiger partial charge >= 0.3 is 0 Å². The monoisotopic (exact) mass is 453 g/mol. The van der Waals surface area contributed by atoms with Crippen molar-refractivity contribution in [3.05, 3.63) is 24.1 Å². The van der Waals surface area contributed by atoms with Crippen LogP contribution in [0.1, 0.15) is 13.3 Å². The van der Waals surface area contributed by atoms with E-state index in [-0.39, 0.29) is 35.8 Å². The predicted molar refractivity (Wildman–Crippen MR) is 108 cm³/mol. The molecule has 2 atom stereocenters.